The zero-order valence-corrected chi connectivity index (χ0v) is 11.6. The number of rotatable bonds is 3. The highest BCUT2D eigenvalue weighted by Gasteiger charge is 2.12. The number of carbonyl (C=O) groups is 1. The van der Waals surface area contributed by atoms with Crippen LogP contribution in [0.3, 0.4) is 0 Å². The van der Waals surface area contributed by atoms with E-state index in [1.165, 1.54) is 18.2 Å². The molecule has 0 aliphatic carbocycles. The molecule has 20 heavy (non-hydrogen) atoms. The molecule has 2 aromatic rings. The molecule has 0 aliphatic heterocycles. The Kier molecular flexibility index (Phi) is 3.98. The van der Waals surface area contributed by atoms with E-state index in [-0.39, 0.29) is 11.7 Å². The molecule has 1 heterocycles. The lowest BCUT2D eigenvalue weighted by Crippen LogP contribution is -2.17. The van der Waals surface area contributed by atoms with Gasteiger partial charge in [0.25, 0.3) is 5.91 Å². The van der Waals surface area contributed by atoms with Gasteiger partial charge in [-0.1, -0.05) is 0 Å². The van der Waals surface area contributed by atoms with Crippen LogP contribution in [0.5, 0.6) is 0 Å². The van der Waals surface area contributed by atoms with Gasteiger partial charge in [-0.05, 0) is 36.8 Å². The van der Waals surface area contributed by atoms with Crippen LogP contribution in [0.15, 0.2) is 36.7 Å². The molecule has 0 radical (unpaired) electrons. The van der Waals surface area contributed by atoms with Crippen molar-refractivity contribution in [1.29, 1.82) is 0 Å². The lowest BCUT2D eigenvalue weighted by molar-refractivity contribution is 0.102. The number of aromatic nitrogens is 1. The molecule has 0 saturated heterocycles. The molecule has 1 aromatic carbocycles. The summed E-state index contributed by atoms with van der Waals surface area (Å²) < 4.78 is 13.1. The first kappa shape index (κ1) is 14.0. The van der Waals surface area contributed by atoms with Crippen molar-refractivity contribution in [2.45, 2.75) is 6.92 Å². The largest absolute Gasteiger partial charge is 0.376 e. The number of halogens is 1. The van der Waals surface area contributed by atoms with Crippen LogP contribution in [0.4, 0.5) is 15.8 Å². The van der Waals surface area contributed by atoms with E-state index in [0.717, 1.165) is 5.69 Å². The number of aryl methyl sites for hydroxylation is 1. The summed E-state index contributed by atoms with van der Waals surface area (Å²) in [7, 11) is 3.77. The van der Waals surface area contributed by atoms with Gasteiger partial charge in [-0.2, -0.15) is 0 Å². The maximum Gasteiger partial charge on any atom is 0.256 e. The summed E-state index contributed by atoms with van der Waals surface area (Å²) in [4.78, 5) is 18.1. The Hall–Kier alpha value is -2.43. The Morgan fingerprint density at radius 3 is 2.70 bits per heavy atom. The molecule has 104 valence electrons. The molecule has 1 N–H and O–H groups in total. The van der Waals surface area contributed by atoms with E-state index in [2.05, 4.69) is 10.3 Å². The molecule has 0 saturated carbocycles. The molecule has 1 amide bonds. The Balaban J connectivity index is 2.28. The fraction of sp³-hybridized carbons (Fsp3) is 0.200. The third-order valence-electron chi connectivity index (χ3n) is 2.96. The van der Waals surface area contributed by atoms with Crippen LogP contribution in [0, 0.1) is 12.7 Å². The number of amides is 1. The molecule has 1 aromatic heterocycles. The molecular weight excluding hydrogens is 257 g/mol. The second-order valence-electron chi connectivity index (χ2n) is 4.70. The van der Waals surface area contributed by atoms with E-state index in [4.69, 9.17) is 0 Å². The number of nitrogens with zero attached hydrogens (tertiary/aromatic N) is 2. The summed E-state index contributed by atoms with van der Waals surface area (Å²) in [6, 6.07) is 5.90. The SMILES string of the molecule is Cc1cc(F)ccc1C(=O)Nc1cnccc1N(C)C. The minimum absolute atomic E-state index is 0.279. The highest BCUT2D eigenvalue weighted by atomic mass is 19.1. The number of hydrogen-bond donors (Lipinski definition) is 1. The van der Waals surface area contributed by atoms with Crippen LogP contribution in [0.25, 0.3) is 0 Å². The predicted octanol–water partition coefficient (Wildman–Crippen LogP) is 2.85. The Morgan fingerprint density at radius 1 is 1.30 bits per heavy atom. The van der Waals surface area contributed by atoms with Crippen molar-refractivity contribution in [1.82, 2.24) is 4.98 Å². The van der Waals surface area contributed by atoms with E-state index in [1.54, 1.807) is 19.3 Å². The van der Waals surface area contributed by atoms with Crippen molar-refractivity contribution in [3.8, 4) is 0 Å². The zero-order valence-electron chi connectivity index (χ0n) is 11.6. The average Bonchev–Trinajstić information content (AvgIpc) is 2.38. The highest BCUT2D eigenvalue weighted by Crippen LogP contribution is 2.23. The fourth-order valence-corrected chi connectivity index (χ4v) is 1.94. The van der Waals surface area contributed by atoms with E-state index < -0.39 is 0 Å². The topological polar surface area (TPSA) is 45.2 Å². The van der Waals surface area contributed by atoms with Crippen LogP contribution < -0.4 is 10.2 Å². The van der Waals surface area contributed by atoms with Gasteiger partial charge in [-0.3, -0.25) is 9.78 Å². The van der Waals surface area contributed by atoms with E-state index >= 15 is 0 Å². The Labute approximate surface area is 117 Å². The summed E-state index contributed by atoms with van der Waals surface area (Å²) in [5.74, 6) is -0.631. The zero-order chi connectivity index (χ0) is 14.7. The van der Waals surface area contributed by atoms with Gasteiger partial charge in [-0.15, -0.1) is 0 Å². The van der Waals surface area contributed by atoms with Crippen LogP contribution in [0.1, 0.15) is 15.9 Å². The molecule has 0 atom stereocenters. The molecule has 0 unspecified atom stereocenters. The van der Waals surface area contributed by atoms with Gasteiger partial charge in [0.15, 0.2) is 0 Å². The summed E-state index contributed by atoms with van der Waals surface area (Å²) >= 11 is 0. The standard InChI is InChI=1S/C15H16FN3O/c1-10-8-11(16)4-5-12(10)15(20)18-13-9-17-7-6-14(13)19(2)3/h4-9H,1-3H3,(H,18,20). The van der Waals surface area contributed by atoms with Gasteiger partial charge < -0.3 is 10.2 Å². The first-order valence-corrected chi connectivity index (χ1v) is 6.18. The fourth-order valence-electron chi connectivity index (χ4n) is 1.94. The van der Waals surface area contributed by atoms with Gasteiger partial charge in [0, 0.05) is 25.9 Å². The van der Waals surface area contributed by atoms with Gasteiger partial charge in [-0.25, -0.2) is 4.39 Å². The molecule has 0 spiro atoms. The normalized spacial score (nSPS) is 10.2. The molecule has 5 heteroatoms. The highest BCUT2D eigenvalue weighted by molar-refractivity contribution is 6.06. The molecule has 0 bridgehead atoms. The van der Waals surface area contributed by atoms with E-state index in [1.807, 2.05) is 25.1 Å². The first-order valence-electron chi connectivity index (χ1n) is 6.18. The molecule has 2 rings (SSSR count). The second kappa shape index (κ2) is 5.69. The second-order valence-corrected chi connectivity index (χ2v) is 4.70. The number of pyridine rings is 1. The van der Waals surface area contributed by atoms with Crippen LogP contribution in [0.2, 0.25) is 0 Å². The molecule has 0 aliphatic rings. The minimum Gasteiger partial charge on any atom is -0.376 e. The lowest BCUT2D eigenvalue weighted by atomic mass is 10.1. The number of anilines is 2. The maximum absolute atomic E-state index is 13.1. The number of nitrogens with one attached hydrogen (secondary N) is 1. The quantitative estimate of drug-likeness (QED) is 0.935. The van der Waals surface area contributed by atoms with E-state index in [9.17, 15) is 9.18 Å². The van der Waals surface area contributed by atoms with Crippen LogP contribution >= 0.6 is 0 Å². The maximum atomic E-state index is 13.1. The van der Waals surface area contributed by atoms with Crippen LogP contribution in [-0.4, -0.2) is 25.0 Å². The van der Waals surface area contributed by atoms with Crippen molar-refractivity contribution in [2.75, 3.05) is 24.3 Å². The van der Waals surface area contributed by atoms with Crippen molar-refractivity contribution in [2.24, 2.45) is 0 Å². The molecule has 0 fully saturated rings. The van der Waals surface area contributed by atoms with Crippen molar-refractivity contribution in [3.05, 3.63) is 53.6 Å². The summed E-state index contributed by atoms with van der Waals surface area (Å²) in [6.07, 6.45) is 3.25. The number of carbonyl (C=O) groups excluding carboxylic acids is 1. The van der Waals surface area contributed by atoms with Crippen molar-refractivity contribution < 1.29 is 9.18 Å². The molecule has 4 nitrogen and oxygen atoms in total. The van der Waals surface area contributed by atoms with Gasteiger partial charge >= 0.3 is 0 Å². The smallest absolute Gasteiger partial charge is 0.256 e. The summed E-state index contributed by atoms with van der Waals surface area (Å²) in [5.41, 5.74) is 2.51. The third kappa shape index (κ3) is 2.93. The predicted molar refractivity (Wildman–Crippen MR) is 77.7 cm³/mol. The van der Waals surface area contributed by atoms with Gasteiger partial charge in [0.05, 0.1) is 17.6 Å². The Morgan fingerprint density at radius 2 is 2.05 bits per heavy atom. The third-order valence-corrected chi connectivity index (χ3v) is 2.96. The minimum atomic E-state index is -0.352. The molecular formula is C15H16FN3O. The number of benzene rings is 1. The lowest BCUT2D eigenvalue weighted by Gasteiger charge is -2.17. The summed E-state index contributed by atoms with van der Waals surface area (Å²) in [6.45, 7) is 1.70. The van der Waals surface area contributed by atoms with Crippen molar-refractivity contribution in [3.63, 3.8) is 0 Å². The first-order chi connectivity index (χ1) is 9.49. The van der Waals surface area contributed by atoms with E-state index in [0.29, 0.717) is 16.8 Å². The van der Waals surface area contributed by atoms with Crippen LogP contribution in [-0.2, 0) is 0 Å². The van der Waals surface area contributed by atoms with Crippen molar-refractivity contribution >= 4 is 17.3 Å². The monoisotopic (exact) mass is 273 g/mol. The average molecular weight is 273 g/mol. The van der Waals surface area contributed by atoms with Gasteiger partial charge in [0.1, 0.15) is 5.82 Å². The Bertz CT molecular complexity index is 641. The van der Waals surface area contributed by atoms with Gasteiger partial charge in [0.2, 0.25) is 0 Å². The summed E-state index contributed by atoms with van der Waals surface area (Å²) in [5, 5.41) is 2.80. The number of hydrogen-bond acceptors (Lipinski definition) is 3.